The highest BCUT2D eigenvalue weighted by molar-refractivity contribution is 7.15. The van der Waals surface area contributed by atoms with Crippen molar-refractivity contribution in [2.45, 2.75) is 45.2 Å². The van der Waals surface area contributed by atoms with Gasteiger partial charge in [0.25, 0.3) is 0 Å². The third kappa shape index (κ3) is 3.48. The molecule has 0 aliphatic carbocycles. The van der Waals surface area contributed by atoms with Gasteiger partial charge in [0.2, 0.25) is 5.13 Å². The van der Waals surface area contributed by atoms with Gasteiger partial charge in [-0.05, 0) is 38.8 Å². The molecule has 0 bridgehead atoms. The van der Waals surface area contributed by atoms with Crippen LogP contribution in [0.2, 0.25) is 0 Å². The van der Waals surface area contributed by atoms with Gasteiger partial charge in [-0.15, -0.1) is 10.2 Å². The Hall–Kier alpha value is -0.720. The molecule has 2 saturated heterocycles. The van der Waals surface area contributed by atoms with Crippen molar-refractivity contribution in [2.75, 3.05) is 38.0 Å². The Morgan fingerprint density at radius 2 is 2.10 bits per heavy atom. The molecule has 6 heteroatoms. The van der Waals surface area contributed by atoms with E-state index in [9.17, 15) is 0 Å². The van der Waals surface area contributed by atoms with E-state index in [-0.39, 0.29) is 0 Å². The summed E-state index contributed by atoms with van der Waals surface area (Å²) in [6.45, 7) is 9.14. The molecule has 3 rings (SSSR count). The molecule has 2 fully saturated rings. The fourth-order valence-electron chi connectivity index (χ4n) is 3.17. The Kier molecular flexibility index (Phi) is 4.86. The number of aromatic nitrogens is 2. The summed E-state index contributed by atoms with van der Waals surface area (Å²) >= 11 is 1.70. The summed E-state index contributed by atoms with van der Waals surface area (Å²) < 4.78 is 0. The van der Waals surface area contributed by atoms with Gasteiger partial charge in [0.1, 0.15) is 5.01 Å². The van der Waals surface area contributed by atoms with Crippen LogP contribution < -0.4 is 5.32 Å². The van der Waals surface area contributed by atoms with Crippen molar-refractivity contribution in [3.8, 4) is 0 Å². The van der Waals surface area contributed by atoms with Gasteiger partial charge < -0.3 is 5.32 Å². The van der Waals surface area contributed by atoms with E-state index in [1.807, 2.05) is 0 Å². The average molecular weight is 295 g/mol. The zero-order valence-corrected chi connectivity index (χ0v) is 13.2. The molecule has 0 saturated carbocycles. The zero-order valence-electron chi connectivity index (χ0n) is 12.3. The lowest BCUT2D eigenvalue weighted by Crippen LogP contribution is -2.35. The second-order valence-corrected chi connectivity index (χ2v) is 6.91. The normalized spacial score (nSPS) is 24.6. The molecule has 0 amide bonds. The van der Waals surface area contributed by atoms with E-state index in [1.165, 1.54) is 45.4 Å². The van der Waals surface area contributed by atoms with Crippen molar-refractivity contribution in [1.29, 1.82) is 0 Å². The van der Waals surface area contributed by atoms with Crippen LogP contribution in [0.15, 0.2) is 0 Å². The van der Waals surface area contributed by atoms with Crippen molar-refractivity contribution < 1.29 is 0 Å². The number of anilines is 1. The molecule has 2 aliphatic heterocycles. The van der Waals surface area contributed by atoms with Gasteiger partial charge in [-0.1, -0.05) is 18.3 Å². The summed E-state index contributed by atoms with van der Waals surface area (Å²) in [6.07, 6.45) is 5.22. The quantitative estimate of drug-likeness (QED) is 0.870. The number of nitrogens with zero attached hydrogens (tertiary/aromatic N) is 4. The van der Waals surface area contributed by atoms with Crippen LogP contribution in [0.5, 0.6) is 0 Å². The summed E-state index contributed by atoms with van der Waals surface area (Å²) in [5.74, 6) is 0. The third-order valence-corrected chi connectivity index (χ3v) is 5.12. The van der Waals surface area contributed by atoms with Gasteiger partial charge in [-0.3, -0.25) is 9.80 Å². The lowest BCUT2D eigenvalue weighted by Gasteiger charge is -2.23. The number of rotatable bonds is 6. The monoisotopic (exact) mass is 295 g/mol. The first kappa shape index (κ1) is 14.2. The van der Waals surface area contributed by atoms with E-state index in [4.69, 9.17) is 0 Å². The first-order valence-corrected chi connectivity index (χ1v) is 8.69. The Balaban J connectivity index is 1.47. The van der Waals surface area contributed by atoms with E-state index in [2.05, 4.69) is 32.2 Å². The van der Waals surface area contributed by atoms with Crippen LogP contribution in [0.25, 0.3) is 0 Å². The van der Waals surface area contributed by atoms with Gasteiger partial charge >= 0.3 is 0 Å². The van der Waals surface area contributed by atoms with Crippen molar-refractivity contribution in [3.63, 3.8) is 0 Å². The molecule has 0 aromatic carbocycles. The lowest BCUT2D eigenvalue weighted by atomic mass is 10.2. The van der Waals surface area contributed by atoms with Crippen LogP contribution in [0.4, 0.5) is 5.13 Å². The predicted molar refractivity (Wildman–Crippen MR) is 83.2 cm³/mol. The van der Waals surface area contributed by atoms with Crippen LogP contribution in [0.3, 0.4) is 0 Å². The van der Waals surface area contributed by atoms with Crippen LogP contribution in [0, 0.1) is 0 Å². The molecular weight excluding hydrogens is 270 g/mol. The summed E-state index contributed by atoms with van der Waals surface area (Å²) in [7, 11) is 0. The molecule has 1 aromatic rings. The van der Waals surface area contributed by atoms with Crippen LogP contribution in [-0.2, 0) is 6.54 Å². The minimum atomic E-state index is 0.781. The van der Waals surface area contributed by atoms with Crippen molar-refractivity contribution in [1.82, 2.24) is 20.0 Å². The Labute approximate surface area is 125 Å². The highest BCUT2D eigenvalue weighted by atomic mass is 32.1. The number of nitrogens with one attached hydrogen (secondary N) is 1. The molecule has 1 atom stereocenters. The summed E-state index contributed by atoms with van der Waals surface area (Å²) in [5.41, 5.74) is 0. The molecule has 1 unspecified atom stereocenters. The van der Waals surface area contributed by atoms with Crippen molar-refractivity contribution >= 4 is 16.5 Å². The highest BCUT2D eigenvalue weighted by Crippen LogP contribution is 2.23. The third-order valence-electron chi connectivity index (χ3n) is 4.26. The summed E-state index contributed by atoms with van der Waals surface area (Å²) in [6, 6.07) is 0.781. The molecule has 0 spiro atoms. The van der Waals surface area contributed by atoms with Gasteiger partial charge in [-0.25, -0.2) is 0 Å². The van der Waals surface area contributed by atoms with E-state index >= 15 is 0 Å². The fourth-order valence-corrected chi connectivity index (χ4v) is 3.98. The van der Waals surface area contributed by atoms with Crippen LogP contribution in [-0.4, -0.2) is 58.8 Å². The Morgan fingerprint density at radius 3 is 2.90 bits per heavy atom. The maximum atomic E-state index is 4.31. The highest BCUT2D eigenvalue weighted by Gasteiger charge is 2.29. The van der Waals surface area contributed by atoms with Crippen LogP contribution in [0.1, 0.15) is 37.6 Å². The maximum absolute atomic E-state index is 4.31. The van der Waals surface area contributed by atoms with Crippen molar-refractivity contribution in [2.24, 2.45) is 0 Å². The minimum absolute atomic E-state index is 0.781. The number of hydrogen-bond acceptors (Lipinski definition) is 6. The van der Waals surface area contributed by atoms with E-state index in [0.717, 1.165) is 35.7 Å². The molecule has 5 nitrogen and oxygen atoms in total. The topological polar surface area (TPSA) is 44.3 Å². The molecule has 1 aromatic heterocycles. The van der Waals surface area contributed by atoms with E-state index in [0.29, 0.717) is 0 Å². The molecule has 0 radical (unpaired) electrons. The van der Waals surface area contributed by atoms with Crippen LogP contribution >= 0.6 is 11.3 Å². The van der Waals surface area contributed by atoms with Gasteiger partial charge in [-0.2, -0.15) is 0 Å². The lowest BCUT2D eigenvalue weighted by molar-refractivity contribution is 0.229. The fraction of sp³-hybridized carbons (Fsp3) is 0.857. The predicted octanol–water partition coefficient (Wildman–Crippen LogP) is 2.03. The first-order chi connectivity index (χ1) is 9.85. The van der Waals surface area contributed by atoms with Gasteiger partial charge in [0, 0.05) is 25.7 Å². The molecule has 3 heterocycles. The molecule has 2 aliphatic rings. The molecule has 20 heavy (non-hydrogen) atoms. The summed E-state index contributed by atoms with van der Waals surface area (Å²) in [4.78, 5) is 5.21. The molecular formula is C14H25N5S. The standard InChI is InChI=1S/C14H25N5S/c1-2-6-15-14-17-16-13(20-14)11-18-9-5-12(10-18)19-7-3-4-8-19/h12H,2-11H2,1H3,(H,15,17). The maximum Gasteiger partial charge on any atom is 0.205 e. The SMILES string of the molecule is CCCNc1nnc(CN2CCC(N3CCCC3)C2)s1. The smallest absolute Gasteiger partial charge is 0.205 e. The number of hydrogen-bond donors (Lipinski definition) is 1. The van der Waals surface area contributed by atoms with E-state index < -0.39 is 0 Å². The molecule has 1 N–H and O–H groups in total. The van der Waals surface area contributed by atoms with Gasteiger partial charge in [0.05, 0.1) is 6.54 Å². The molecule has 112 valence electrons. The zero-order chi connectivity index (χ0) is 13.8. The average Bonchev–Trinajstić information content (AvgIpc) is 3.18. The van der Waals surface area contributed by atoms with E-state index in [1.54, 1.807) is 11.3 Å². The second kappa shape index (κ2) is 6.83. The summed E-state index contributed by atoms with van der Waals surface area (Å²) in [5, 5.41) is 13.9. The Morgan fingerprint density at radius 1 is 1.25 bits per heavy atom. The second-order valence-electron chi connectivity index (χ2n) is 5.85. The minimum Gasteiger partial charge on any atom is -0.360 e. The van der Waals surface area contributed by atoms with Crippen molar-refractivity contribution in [3.05, 3.63) is 5.01 Å². The first-order valence-electron chi connectivity index (χ1n) is 7.88. The Bertz CT molecular complexity index is 415. The largest absolute Gasteiger partial charge is 0.360 e. The van der Waals surface area contributed by atoms with Gasteiger partial charge in [0.15, 0.2) is 0 Å². The number of likely N-dealkylation sites (tertiary alicyclic amines) is 2.